The number of nitrogens with two attached hydrogens (primary N) is 1. The van der Waals surface area contributed by atoms with Crippen LogP contribution in [0.1, 0.15) is 86.3 Å². The Labute approximate surface area is 313 Å². The molecule has 0 saturated carbocycles. The summed E-state index contributed by atoms with van der Waals surface area (Å²) in [6.07, 6.45) is 15.2. The van der Waals surface area contributed by atoms with E-state index in [0.717, 1.165) is 41.1 Å². The highest BCUT2D eigenvalue weighted by Crippen LogP contribution is 2.32. The number of sulfonamides is 1. The van der Waals surface area contributed by atoms with E-state index >= 15 is 0 Å². The van der Waals surface area contributed by atoms with Gasteiger partial charge in [0.2, 0.25) is 0 Å². The summed E-state index contributed by atoms with van der Waals surface area (Å²) in [6.45, 7) is 21.4. The minimum Gasteiger partial charge on any atom is -0.402 e. The summed E-state index contributed by atoms with van der Waals surface area (Å²) >= 11 is 2.78. The molecule has 0 fully saturated rings. The zero-order valence-corrected chi connectivity index (χ0v) is 34.6. The number of hydrogen-bond donors (Lipinski definition) is 2. The van der Waals surface area contributed by atoms with Crippen molar-refractivity contribution >= 4 is 55.9 Å². The number of thiophene rings is 1. The van der Waals surface area contributed by atoms with Crippen LogP contribution in [0.15, 0.2) is 87.0 Å². The van der Waals surface area contributed by atoms with Crippen LogP contribution in [0.3, 0.4) is 0 Å². The lowest BCUT2D eigenvalue weighted by molar-refractivity contribution is 0.156. The highest BCUT2D eigenvalue weighted by Gasteiger charge is 2.27. The summed E-state index contributed by atoms with van der Waals surface area (Å²) in [5.41, 5.74) is 9.05. The number of aromatic nitrogens is 1. The Balaban J connectivity index is 0.000000961. The van der Waals surface area contributed by atoms with Crippen LogP contribution in [-0.2, 0) is 14.8 Å². The molecule has 0 aliphatic rings. The van der Waals surface area contributed by atoms with Crippen molar-refractivity contribution in [2.45, 2.75) is 84.8 Å². The number of hydrogen-bond acceptors (Lipinski definition) is 8. The van der Waals surface area contributed by atoms with E-state index in [1.54, 1.807) is 41.7 Å². The number of ether oxygens (including phenoxy) is 1. The minimum atomic E-state index is -3.69. The molecule has 1 atom stereocenters. The predicted octanol–water partition coefficient (Wildman–Crippen LogP) is 10.3. The van der Waals surface area contributed by atoms with Crippen molar-refractivity contribution in [2.24, 2.45) is 16.6 Å². The van der Waals surface area contributed by atoms with Gasteiger partial charge in [-0.2, -0.15) is 0 Å². The van der Waals surface area contributed by atoms with Crippen molar-refractivity contribution in [3.05, 3.63) is 83.5 Å². The van der Waals surface area contributed by atoms with Gasteiger partial charge in [-0.15, -0.1) is 29.7 Å². The van der Waals surface area contributed by atoms with E-state index < -0.39 is 10.0 Å². The first-order chi connectivity index (χ1) is 24.1. The highest BCUT2D eigenvalue weighted by atomic mass is 32.2. The third-order valence-corrected chi connectivity index (χ3v) is 11.0. The normalized spacial score (nSPS) is 12.2. The van der Waals surface area contributed by atoms with Gasteiger partial charge < -0.3 is 20.4 Å². The fraction of sp³-hybridized carbons (Fsp3) is 0.513. The molecular weight excluding hydrogens is 683 g/mol. The van der Waals surface area contributed by atoms with Gasteiger partial charge in [0.05, 0.1) is 36.3 Å². The van der Waals surface area contributed by atoms with Crippen LogP contribution in [0.4, 0.5) is 5.69 Å². The van der Waals surface area contributed by atoms with Crippen LogP contribution >= 0.6 is 23.1 Å². The Morgan fingerprint density at radius 3 is 2.42 bits per heavy atom. The van der Waals surface area contributed by atoms with Crippen molar-refractivity contribution in [1.82, 2.24) is 9.88 Å². The molecule has 2 aromatic heterocycles. The lowest BCUT2D eigenvalue weighted by atomic mass is 9.96. The monoisotopic (exact) mass is 747 g/mol. The van der Waals surface area contributed by atoms with Crippen molar-refractivity contribution in [3.8, 4) is 0 Å². The molecule has 1 aromatic carbocycles. The smallest absolute Gasteiger partial charge is 0.273 e. The molecule has 282 valence electrons. The lowest BCUT2D eigenvalue weighted by Crippen LogP contribution is -2.34. The number of nitrogens with one attached hydrogen (secondary N) is 1. The number of allylic oxidation sites excluding steroid dienone is 3. The molecule has 0 spiro atoms. The summed E-state index contributed by atoms with van der Waals surface area (Å²) in [5.74, 6) is 0.750. The number of benzene rings is 1. The van der Waals surface area contributed by atoms with Crippen LogP contribution < -0.4 is 10.0 Å². The van der Waals surface area contributed by atoms with E-state index in [4.69, 9.17) is 10.5 Å². The van der Waals surface area contributed by atoms with Gasteiger partial charge in [0.1, 0.15) is 4.21 Å². The molecular formula is C39H65N5O3S3. The van der Waals surface area contributed by atoms with E-state index in [0.29, 0.717) is 23.1 Å². The number of aliphatic imine (C=N–C) groups is 1. The van der Waals surface area contributed by atoms with Crippen LogP contribution in [-0.4, -0.2) is 70.7 Å². The number of nitrogens with zero attached hydrogens (tertiary/aromatic N) is 3. The van der Waals surface area contributed by atoms with Gasteiger partial charge in [-0.3, -0.25) is 9.30 Å². The maximum absolute atomic E-state index is 13.3. The van der Waals surface area contributed by atoms with Gasteiger partial charge in [0, 0.05) is 23.9 Å². The molecule has 0 bridgehead atoms. The molecule has 11 heteroatoms. The van der Waals surface area contributed by atoms with Crippen LogP contribution in [0, 0.1) is 5.92 Å². The van der Waals surface area contributed by atoms with E-state index in [2.05, 4.69) is 49.3 Å². The molecule has 0 saturated heterocycles. The lowest BCUT2D eigenvalue weighted by Gasteiger charge is -2.24. The molecule has 50 heavy (non-hydrogen) atoms. The third kappa shape index (κ3) is 17.9. The number of fused-ring (bicyclic) bond motifs is 1. The maximum atomic E-state index is 13.3. The van der Waals surface area contributed by atoms with E-state index in [1.807, 2.05) is 75.8 Å². The Kier molecular flexibility index (Phi) is 27.2. The molecule has 0 aliphatic carbocycles. The SMILES string of the molecule is C/C=C(\N)CC(CC)CCN(C)CCC.C=CCC.CC.CCOCCN(c1cccc2cc(C=N/C=C\SC)[nH]c12)S(=O)(=O)c1cccs1. The van der Waals surface area contributed by atoms with Crippen molar-refractivity contribution in [3.63, 3.8) is 0 Å². The molecule has 1 unspecified atom stereocenters. The quantitative estimate of drug-likeness (QED) is 0.0719. The summed E-state index contributed by atoms with van der Waals surface area (Å²) in [4.78, 5) is 9.95. The van der Waals surface area contributed by atoms with Gasteiger partial charge >= 0.3 is 0 Å². The fourth-order valence-corrected chi connectivity index (χ4v) is 7.39. The Morgan fingerprint density at radius 1 is 1.14 bits per heavy atom. The van der Waals surface area contributed by atoms with Crippen molar-refractivity contribution < 1.29 is 13.2 Å². The van der Waals surface area contributed by atoms with Crippen molar-refractivity contribution in [1.29, 1.82) is 0 Å². The van der Waals surface area contributed by atoms with Crippen LogP contribution in [0.25, 0.3) is 10.9 Å². The van der Waals surface area contributed by atoms with Crippen LogP contribution in [0.2, 0.25) is 0 Å². The topological polar surface area (TPSA) is 104 Å². The summed E-state index contributed by atoms with van der Waals surface area (Å²) in [5, 5.41) is 4.56. The zero-order chi connectivity index (χ0) is 37.8. The Bertz CT molecular complexity index is 1480. The molecule has 0 aliphatic heterocycles. The molecule has 0 radical (unpaired) electrons. The molecule has 3 rings (SSSR count). The van der Waals surface area contributed by atoms with Gasteiger partial charge in [-0.1, -0.05) is 71.4 Å². The third-order valence-electron chi connectivity index (χ3n) is 7.39. The molecule has 3 N–H and O–H groups in total. The second-order valence-electron chi connectivity index (χ2n) is 11.1. The molecule has 8 nitrogen and oxygen atoms in total. The minimum absolute atomic E-state index is 0.228. The van der Waals surface area contributed by atoms with Crippen molar-refractivity contribution in [2.75, 3.05) is 50.5 Å². The maximum Gasteiger partial charge on any atom is 0.273 e. The van der Waals surface area contributed by atoms with Gasteiger partial charge in [-0.05, 0) is 101 Å². The Hall–Kier alpha value is -2.83. The number of anilines is 1. The molecule has 3 aromatic rings. The first-order valence-corrected chi connectivity index (χ1v) is 21.4. The van der Waals surface area contributed by atoms with Gasteiger partial charge in [0.25, 0.3) is 10.0 Å². The summed E-state index contributed by atoms with van der Waals surface area (Å²) in [6, 6.07) is 10.9. The largest absolute Gasteiger partial charge is 0.402 e. The van der Waals surface area contributed by atoms with Gasteiger partial charge in [0.15, 0.2) is 0 Å². The summed E-state index contributed by atoms with van der Waals surface area (Å²) in [7, 11) is -1.49. The second-order valence-corrected chi connectivity index (χ2v) is 14.9. The first-order valence-electron chi connectivity index (χ1n) is 17.8. The van der Waals surface area contributed by atoms with E-state index in [9.17, 15) is 8.42 Å². The van der Waals surface area contributed by atoms with E-state index in [-0.39, 0.29) is 6.54 Å². The number of para-hydroxylation sites is 1. The zero-order valence-electron chi connectivity index (χ0n) is 32.2. The number of thioether (sulfide) groups is 1. The van der Waals surface area contributed by atoms with Gasteiger partial charge in [-0.25, -0.2) is 8.42 Å². The standard InChI is InChI=1S/C20H23N3O3S3.C13H28N2.C4H8.C2H6/c1-3-26-11-10-23(29(24,25)19-8-5-12-28-19)18-7-4-6-16-14-17(22-20(16)18)15-21-9-13-27-2;1-5-9-15(4)10-8-12(6-2)11-13(14)7-3;1-3-4-2;1-2/h4-9,12-15,22H,3,10-11H2,1-2H3;7,12H,5-6,8-11,14H2,1-4H3;3H,1,4H2,2H3;1-2H3/b13-9-,21-15?;13-7-;;. The molecule has 2 heterocycles. The number of H-pyrrole nitrogens is 1. The van der Waals surface area contributed by atoms with E-state index in [1.165, 1.54) is 48.0 Å². The average Bonchev–Trinajstić information content (AvgIpc) is 3.83. The Morgan fingerprint density at radius 2 is 1.86 bits per heavy atom. The van der Waals surface area contributed by atoms with Crippen LogP contribution in [0.5, 0.6) is 0 Å². The summed E-state index contributed by atoms with van der Waals surface area (Å²) < 4.78 is 33.8. The molecule has 0 amide bonds. The second kappa shape index (κ2) is 28.8. The first kappa shape index (κ1) is 47.2. The number of aromatic amines is 1. The number of rotatable bonds is 19. The highest BCUT2D eigenvalue weighted by molar-refractivity contribution is 8.01. The average molecular weight is 748 g/mol. The predicted molar refractivity (Wildman–Crippen MR) is 224 cm³/mol. The fourth-order valence-electron chi connectivity index (χ4n) is 4.64.